The Bertz CT molecular complexity index is 132. The van der Waals surface area contributed by atoms with Crippen LogP contribution >= 0.6 is 0 Å². The van der Waals surface area contributed by atoms with Gasteiger partial charge in [0.05, 0.1) is 0 Å². The highest BCUT2D eigenvalue weighted by molar-refractivity contribution is 5.91. The number of carbonyl (C=O) groups excluding carboxylic acids is 1. The minimum Gasteiger partial charge on any atom is -0.396 e. The Morgan fingerprint density at radius 1 is 1.70 bits per heavy atom. The van der Waals surface area contributed by atoms with Gasteiger partial charge in [-0.1, -0.05) is 6.08 Å². The highest BCUT2D eigenvalue weighted by Crippen LogP contribution is 1.91. The summed E-state index contributed by atoms with van der Waals surface area (Å²) in [6.07, 6.45) is 2.11. The molecular weight excluding hydrogens is 132 g/mol. The molecule has 0 aromatic heterocycles. The summed E-state index contributed by atoms with van der Waals surface area (Å²) in [6.45, 7) is 1.68. The lowest BCUT2D eigenvalue weighted by Gasteiger charge is -1.90. The molecule has 4 heteroatoms. The van der Waals surface area contributed by atoms with Gasteiger partial charge in [-0.3, -0.25) is 4.79 Å². The molecule has 0 atom stereocenters. The first-order valence-electron chi connectivity index (χ1n) is 2.76. The van der Waals surface area contributed by atoms with E-state index in [2.05, 4.69) is 0 Å². The normalized spacial score (nSPS) is 10.4. The van der Waals surface area contributed by atoms with E-state index < -0.39 is 5.91 Å². The van der Waals surface area contributed by atoms with Crippen LogP contribution in [0.25, 0.3) is 0 Å². The van der Waals surface area contributed by atoms with Gasteiger partial charge in [-0.25, -0.2) is 0 Å². The Balaban J connectivity index is 0. The Labute approximate surface area is 60.3 Å². The van der Waals surface area contributed by atoms with Crippen LogP contribution in [0.2, 0.25) is 0 Å². The summed E-state index contributed by atoms with van der Waals surface area (Å²) in [4.78, 5) is 10.3. The van der Waals surface area contributed by atoms with Gasteiger partial charge in [0.1, 0.15) is 0 Å². The molecule has 0 spiro atoms. The molecule has 6 N–H and O–H groups in total. The van der Waals surface area contributed by atoms with Gasteiger partial charge in [-0.15, -0.1) is 0 Å². The number of aliphatic hydroxyl groups is 1. The summed E-state index contributed by atoms with van der Waals surface area (Å²) < 4.78 is 0. The molecule has 0 heterocycles. The zero-order valence-electron chi connectivity index (χ0n) is 6.13. The van der Waals surface area contributed by atoms with Crippen LogP contribution in [0.5, 0.6) is 0 Å². The van der Waals surface area contributed by atoms with Crippen LogP contribution in [0.3, 0.4) is 0 Å². The van der Waals surface area contributed by atoms with Gasteiger partial charge < -0.3 is 17.0 Å². The molecule has 60 valence electrons. The van der Waals surface area contributed by atoms with E-state index in [4.69, 9.17) is 10.8 Å². The third-order valence-electron chi connectivity index (χ3n) is 0.968. The number of hydrogen-bond donors (Lipinski definition) is 3. The summed E-state index contributed by atoms with van der Waals surface area (Å²) in [6, 6.07) is 0. The minimum absolute atomic E-state index is 0. The molecule has 0 saturated carbocycles. The molecule has 0 unspecified atom stereocenters. The van der Waals surface area contributed by atoms with E-state index in [1.165, 1.54) is 0 Å². The highest BCUT2D eigenvalue weighted by atomic mass is 16.2. The lowest BCUT2D eigenvalue weighted by atomic mass is 10.2. The SMILES string of the molecule is CC(=CCCO)C(N)=O.N. The van der Waals surface area contributed by atoms with Crippen LogP contribution in [-0.4, -0.2) is 17.6 Å². The number of carbonyl (C=O) groups is 1. The molecule has 0 rings (SSSR count). The largest absolute Gasteiger partial charge is 0.396 e. The van der Waals surface area contributed by atoms with Crippen molar-refractivity contribution in [1.82, 2.24) is 6.15 Å². The zero-order valence-corrected chi connectivity index (χ0v) is 6.13. The van der Waals surface area contributed by atoms with E-state index in [0.717, 1.165) is 0 Å². The van der Waals surface area contributed by atoms with Crippen molar-refractivity contribution in [3.8, 4) is 0 Å². The fraction of sp³-hybridized carbons (Fsp3) is 0.500. The molecule has 0 saturated heterocycles. The van der Waals surface area contributed by atoms with Gasteiger partial charge in [-0.05, 0) is 13.3 Å². The Morgan fingerprint density at radius 2 is 2.20 bits per heavy atom. The maximum atomic E-state index is 10.3. The van der Waals surface area contributed by atoms with Crippen LogP contribution in [0.15, 0.2) is 11.6 Å². The van der Waals surface area contributed by atoms with E-state index in [1.807, 2.05) is 0 Å². The van der Waals surface area contributed by atoms with Crippen molar-refractivity contribution in [3.05, 3.63) is 11.6 Å². The summed E-state index contributed by atoms with van der Waals surface area (Å²) in [5.41, 5.74) is 5.39. The van der Waals surface area contributed by atoms with Crippen LogP contribution in [-0.2, 0) is 4.79 Å². The van der Waals surface area contributed by atoms with Crippen molar-refractivity contribution in [2.75, 3.05) is 6.61 Å². The molecule has 0 aliphatic heterocycles. The number of primary amides is 1. The molecule has 0 fully saturated rings. The van der Waals surface area contributed by atoms with Crippen molar-refractivity contribution < 1.29 is 9.90 Å². The van der Waals surface area contributed by atoms with Crippen molar-refractivity contribution in [3.63, 3.8) is 0 Å². The first kappa shape index (κ1) is 11.9. The Kier molecular flexibility index (Phi) is 7.42. The number of aliphatic hydroxyl groups excluding tert-OH is 1. The monoisotopic (exact) mass is 146 g/mol. The zero-order chi connectivity index (χ0) is 7.28. The van der Waals surface area contributed by atoms with Gasteiger partial charge in [0, 0.05) is 12.2 Å². The quantitative estimate of drug-likeness (QED) is 0.487. The Morgan fingerprint density at radius 3 is 2.50 bits per heavy atom. The van der Waals surface area contributed by atoms with Gasteiger partial charge in [0.25, 0.3) is 0 Å². The average molecular weight is 146 g/mol. The third kappa shape index (κ3) is 5.27. The van der Waals surface area contributed by atoms with Crippen molar-refractivity contribution in [2.24, 2.45) is 5.73 Å². The number of nitrogens with two attached hydrogens (primary N) is 1. The molecule has 0 bridgehead atoms. The molecule has 4 nitrogen and oxygen atoms in total. The lowest BCUT2D eigenvalue weighted by molar-refractivity contribution is -0.114. The van der Waals surface area contributed by atoms with Gasteiger partial charge in [0.15, 0.2) is 0 Å². The fourth-order valence-electron chi connectivity index (χ4n) is 0.382. The molecular formula is C6H14N2O2. The topological polar surface area (TPSA) is 98.3 Å². The van der Waals surface area contributed by atoms with Crippen molar-refractivity contribution in [2.45, 2.75) is 13.3 Å². The summed E-state index contributed by atoms with van der Waals surface area (Å²) in [7, 11) is 0. The summed E-state index contributed by atoms with van der Waals surface area (Å²) in [5, 5.41) is 8.30. The minimum atomic E-state index is -0.427. The van der Waals surface area contributed by atoms with Gasteiger partial charge in [0.2, 0.25) is 5.91 Å². The van der Waals surface area contributed by atoms with Crippen molar-refractivity contribution >= 4 is 5.91 Å². The summed E-state index contributed by atoms with van der Waals surface area (Å²) >= 11 is 0. The predicted octanol–water partition coefficient (Wildman–Crippen LogP) is -0.0376. The molecule has 0 aliphatic rings. The Hall–Kier alpha value is -0.870. The van der Waals surface area contributed by atoms with E-state index in [-0.39, 0.29) is 12.8 Å². The second-order valence-electron chi connectivity index (χ2n) is 1.76. The summed E-state index contributed by atoms with van der Waals surface area (Å²) in [5.74, 6) is -0.427. The van der Waals surface area contributed by atoms with E-state index in [1.54, 1.807) is 13.0 Å². The predicted molar refractivity (Wildman–Crippen MR) is 39.7 cm³/mol. The standard InChI is InChI=1S/C6H11NO2.H3N/c1-5(6(7)9)3-2-4-8;/h3,8H,2,4H2,1H3,(H2,7,9);1H3. The van der Waals surface area contributed by atoms with E-state index in [9.17, 15) is 4.79 Å². The first-order valence-corrected chi connectivity index (χ1v) is 2.76. The molecule has 0 aliphatic carbocycles. The second-order valence-corrected chi connectivity index (χ2v) is 1.76. The molecule has 1 amide bonds. The second kappa shape index (κ2) is 6.25. The first-order chi connectivity index (χ1) is 4.18. The van der Waals surface area contributed by atoms with Gasteiger partial charge in [-0.2, -0.15) is 0 Å². The highest BCUT2D eigenvalue weighted by Gasteiger charge is 1.93. The maximum absolute atomic E-state index is 10.3. The lowest BCUT2D eigenvalue weighted by Crippen LogP contribution is -2.11. The smallest absolute Gasteiger partial charge is 0.244 e. The fourth-order valence-corrected chi connectivity index (χ4v) is 0.382. The van der Waals surface area contributed by atoms with Crippen molar-refractivity contribution in [1.29, 1.82) is 0 Å². The third-order valence-corrected chi connectivity index (χ3v) is 0.968. The maximum Gasteiger partial charge on any atom is 0.244 e. The van der Waals surface area contributed by atoms with E-state index >= 15 is 0 Å². The van der Waals surface area contributed by atoms with Crippen LogP contribution in [0, 0.1) is 0 Å². The molecule has 10 heavy (non-hydrogen) atoms. The molecule has 0 aromatic rings. The number of hydrogen-bond acceptors (Lipinski definition) is 3. The van der Waals surface area contributed by atoms with Gasteiger partial charge >= 0.3 is 0 Å². The van der Waals surface area contributed by atoms with Crippen LogP contribution in [0.1, 0.15) is 13.3 Å². The number of amides is 1. The van der Waals surface area contributed by atoms with Crippen LogP contribution in [0.4, 0.5) is 0 Å². The molecule has 0 radical (unpaired) electrons. The van der Waals surface area contributed by atoms with Crippen LogP contribution < -0.4 is 11.9 Å². The molecule has 0 aromatic carbocycles. The number of rotatable bonds is 3. The average Bonchev–Trinajstić information content (AvgIpc) is 1.82. The van der Waals surface area contributed by atoms with E-state index in [0.29, 0.717) is 12.0 Å².